The molecular weight excluding hydrogens is 180 g/mol. The van der Waals surface area contributed by atoms with E-state index >= 15 is 0 Å². The highest BCUT2D eigenvalue weighted by atomic mass is 16.4. The number of carbonyl (C=O) groups is 1. The van der Waals surface area contributed by atoms with Crippen molar-refractivity contribution in [2.24, 2.45) is 5.92 Å². The molecule has 1 saturated carbocycles. The molecule has 0 aliphatic heterocycles. The molecule has 2 N–H and O–H groups in total. The predicted molar refractivity (Wildman–Crippen MR) is 50.9 cm³/mol. The summed E-state index contributed by atoms with van der Waals surface area (Å²) in [6.07, 6.45) is 0.544. The molecule has 2 atom stereocenters. The maximum Gasteiger partial charge on any atom is 0.314 e. The summed E-state index contributed by atoms with van der Waals surface area (Å²) < 4.78 is 0. The molecule has 1 fully saturated rings. The Morgan fingerprint density at radius 2 is 2.07 bits per heavy atom. The van der Waals surface area contributed by atoms with Crippen molar-refractivity contribution in [3.05, 3.63) is 35.9 Å². The first kappa shape index (κ1) is 9.21. The van der Waals surface area contributed by atoms with Gasteiger partial charge < -0.3 is 10.2 Å². The Morgan fingerprint density at radius 3 is 2.50 bits per heavy atom. The Balaban J connectivity index is 2.36. The van der Waals surface area contributed by atoms with Gasteiger partial charge in [0, 0.05) is 12.5 Å². The maximum absolute atomic E-state index is 11.1. The second-order valence-corrected chi connectivity index (χ2v) is 3.73. The minimum atomic E-state index is -0.831. The average molecular weight is 192 g/mol. The average Bonchev–Trinajstić information content (AvgIpc) is 2.94. The lowest BCUT2D eigenvalue weighted by atomic mass is 9.93. The van der Waals surface area contributed by atoms with Crippen molar-refractivity contribution in [3.63, 3.8) is 0 Å². The van der Waals surface area contributed by atoms with Gasteiger partial charge in [0.25, 0.3) is 0 Å². The molecule has 14 heavy (non-hydrogen) atoms. The van der Waals surface area contributed by atoms with Gasteiger partial charge in [-0.1, -0.05) is 30.3 Å². The van der Waals surface area contributed by atoms with Gasteiger partial charge in [-0.15, -0.1) is 0 Å². The van der Waals surface area contributed by atoms with E-state index in [1.165, 1.54) is 0 Å². The van der Waals surface area contributed by atoms with E-state index in [0.717, 1.165) is 5.56 Å². The lowest BCUT2D eigenvalue weighted by Crippen LogP contribution is -2.23. The summed E-state index contributed by atoms with van der Waals surface area (Å²) in [6.45, 7) is -0.0544. The van der Waals surface area contributed by atoms with Gasteiger partial charge in [-0.2, -0.15) is 0 Å². The molecule has 0 heterocycles. The van der Waals surface area contributed by atoms with Crippen LogP contribution in [0.5, 0.6) is 0 Å². The lowest BCUT2D eigenvalue weighted by Gasteiger charge is -2.11. The maximum atomic E-state index is 11.1. The second kappa shape index (κ2) is 3.10. The molecule has 1 aliphatic carbocycles. The van der Waals surface area contributed by atoms with Crippen LogP contribution < -0.4 is 0 Å². The van der Waals surface area contributed by atoms with Gasteiger partial charge in [-0.05, 0) is 12.0 Å². The van der Waals surface area contributed by atoms with Crippen LogP contribution in [-0.2, 0) is 10.2 Å². The Morgan fingerprint density at radius 1 is 1.43 bits per heavy atom. The van der Waals surface area contributed by atoms with Gasteiger partial charge in [0.1, 0.15) is 0 Å². The molecule has 74 valence electrons. The molecule has 1 aromatic carbocycles. The monoisotopic (exact) mass is 192 g/mol. The zero-order valence-electron chi connectivity index (χ0n) is 7.68. The van der Waals surface area contributed by atoms with Crippen LogP contribution >= 0.6 is 0 Å². The summed E-state index contributed by atoms with van der Waals surface area (Å²) in [5.41, 5.74) is -0.0257. The van der Waals surface area contributed by atoms with E-state index in [4.69, 9.17) is 10.2 Å². The highest BCUT2D eigenvalue weighted by Crippen LogP contribution is 2.54. The number of aliphatic hydroxyl groups is 1. The molecule has 3 nitrogen and oxygen atoms in total. The van der Waals surface area contributed by atoms with Crippen molar-refractivity contribution in [3.8, 4) is 0 Å². The van der Waals surface area contributed by atoms with E-state index < -0.39 is 11.4 Å². The minimum Gasteiger partial charge on any atom is -0.481 e. The van der Waals surface area contributed by atoms with Gasteiger partial charge in [0.2, 0.25) is 0 Å². The predicted octanol–water partition coefficient (Wildman–Crippen LogP) is 1.02. The first-order valence-corrected chi connectivity index (χ1v) is 4.61. The van der Waals surface area contributed by atoms with Gasteiger partial charge in [0.15, 0.2) is 0 Å². The van der Waals surface area contributed by atoms with Crippen molar-refractivity contribution in [2.45, 2.75) is 11.8 Å². The SMILES string of the molecule is O=C(O)[C@]1(c2ccccc2)C[C@@H]1CO. The fraction of sp³-hybridized carbons (Fsp3) is 0.364. The molecule has 0 radical (unpaired) electrons. The van der Waals surface area contributed by atoms with Crippen molar-refractivity contribution in [2.75, 3.05) is 6.61 Å². The Bertz CT molecular complexity index is 347. The van der Waals surface area contributed by atoms with Crippen LogP contribution in [0.1, 0.15) is 12.0 Å². The van der Waals surface area contributed by atoms with Crippen molar-refractivity contribution < 1.29 is 15.0 Å². The van der Waals surface area contributed by atoms with E-state index in [-0.39, 0.29) is 12.5 Å². The largest absolute Gasteiger partial charge is 0.481 e. The highest BCUT2D eigenvalue weighted by molar-refractivity contribution is 5.85. The Kier molecular flexibility index (Phi) is 2.04. The van der Waals surface area contributed by atoms with Gasteiger partial charge in [0.05, 0.1) is 5.41 Å². The molecule has 0 saturated heterocycles. The number of benzene rings is 1. The van der Waals surface area contributed by atoms with Crippen LogP contribution in [0.2, 0.25) is 0 Å². The van der Waals surface area contributed by atoms with Crippen LogP contribution in [0.25, 0.3) is 0 Å². The molecule has 0 spiro atoms. The highest BCUT2D eigenvalue weighted by Gasteiger charge is 2.61. The summed E-state index contributed by atoms with van der Waals surface area (Å²) in [5.74, 6) is -0.954. The smallest absolute Gasteiger partial charge is 0.314 e. The van der Waals surface area contributed by atoms with Crippen LogP contribution in [0.15, 0.2) is 30.3 Å². The molecule has 0 bridgehead atoms. The number of carboxylic acids is 1. The van der Waals surface area contributed by atoms with Crippen LogP contribution in [0.4, 0.5) is 0 Å². The molecule has 2 rings (SSSR count). The first-order chi connectivity index (χ1) is 6.71. The lowest BCUT2D eigenvalue weighted by molar-refractivity contribution is -0.140. The molecule has 1 aliphatic rings. The summed E-state index contributed by atoms with van der Waals surface area (Å²) in [7, 11) is 0. The fourth-order valence-electron chi connectivity index (χ4n) is 2.02. The van der Waals surface area contributed by atoms with Crippen LogP contribution in [-0.4, -0.2) is 22.8 Å². The first-order valence-electron chi connectivity index (χ1n) is 4.61. The number of hydrogen-bond acceptors (Lipinski definition) is 2. The zero-order chi connectivity index (χ0) is 10.2. The number of carboxylic acid groups (broad SMARTS) is 1. The molecular formula is C11H12O3. The van der Waals surface area contributed by atoms with Gasteiger partial charge >= 0.3 is 5.97 Å². The topological polar surface area (TPSA) is 57.5 Å². The zero-order valence-corrected chi connectivity index (χ0v) is 7.68. The molecule has 0 unspecified atom stereocenters. The van der Waals surface area contributed by atoms with E-state index in [1.54, 1.807) is 0 Å². The number of hydrogen-bond donors (Lipinski definition) is 2. The third-order valence-electron chi connectivity index (χ3n) is 3.00. The van der Waals surface area contributed by atoms with E-state index in [1.807, 2.05) is 30.3 Å². The molecule has 1 aromatic rings. The number of aliphatic carboxylic acids is 1. The summed E-state index contributed by atoms with van der Waals surface area (Å²) >= 11 is 0. The summed E-state index contributed by atoms with van der Waals surface area (Å²) in [6, 6.07) is 9.13. The van der Waals surface area contributed by atoms with E-state index in [2.05, 4.69) is 0 Å². The molecule has 0 aromatic heterocycles. The van der Waals surface area contributed by atoms with Crippen LogP contribution in [0.3, 0.4) is 0 Å². The van der Waals surface area contributed by atoms with Crippen molar-refractivity contribution >= 4 is 5.97 Å². The fourth-order valence-corrected chi connectivity index (χ4v) is 2.02. The van der Waals surface area contributed by atoms with Gasteiger partial charge in [-0.3, -0.25) is 4.79 Å². The van der Waals surface area contributed by atoms with Crippen LogP contribution in [0, 0.1) is 5.92 Å². The molecule has 0 amide bonds. The summed E-state index contributed by atoms with van der Waals surface area (Å²) in [5, 5.41) is 18.1. The quantitative estimate of drug-likeness (QED) is 0.751. The third kappa shape index (κ3) is 1.13. The number of rotatable bonds is 3. The van der Waals surface area contributed by atoms with Gasteiger partial charge in [-0.25, -0.2) is 0 Å². The van der Waals surface area contributed by atoms with Crippen molar-refractivity contribution in [1.29, 1.82) is 0 Å². The Hall–Kier alpha value is -1.35. The van der Waals surface area contributed by atoms with E-state index in [0.29, 0.717) is 6.42 Å². The van der Waals surface area contributed by atoms with E-state index in [9.17, 15) is 4.79 Å². The second-order valence-electron chi connectivity index (χ2n) is 3.73. The molecule has 3 heteroatoms. The third-order valence-corrected chi connectivity index (χ3v) is 3.00. The normalized spacial score (nSPS) is 29.9. The standard InChI is InChI=1S/C11H12O3/c12-7-9-6-11(9,10(13)14)8-4-2-1-3-5-8/h1-5,9,12H,6-7H2,(H,13,14)/t9-,11+/m1/s1. The Labute approximate surface area is 82.0 Å². The number of aliphatic hydroxyl groups excluding tert-OH is 1. The summed E-state index contributed by atoms with van der Waals surface area (Å²) in [4.78, 5) is 11.1. The van der Waals surface area contributed by atoms with Crippen molar-refractivity contribution in [1.82, 2.24) is 0 Å². The minimum absolute atomic E-state index is 0.0544.